The number of hydrogen-bond acceptors (Lipinski definition) is 9. The molecule has 4 aromatic rings. The second kappa shape index (κ2) is 9.45. The molecular formula is C20H29N11O. The lowest BCUT2D eigenvalue weighted by Gasteiger charge is -2.18. The first-order valence-electron chi connectivity index (χ1n) is 10.4. The van der Waals surface area contributed by atoms with Crippen LogP contribution in [0.5, 0.6) is 0 Å². The largest absolute Gasteiger partial charge is 0.472 e. The SMILES string of the molecule is CN(Cn1ccc(CCNc2nnc(N)n2C)c1)c1nnc(NCCc2ccoc2)n1C. The Balaban J connectivity index is 1.26. The third-order valence-electron chi connectivity index (χ3n) is 5.26. The maximum atomic E-state index is 5.70. The van der Waals surface area contributed by atoms with Crippen LogP contribution in [0.1, 0.15) is 11.1 Å². The molecule has 0 amide bonds. The molecule has 32 heavy (non-hydrogen) atoms. The van der Waals surface area contributed by atoms with Gasteiger partial charge in [-0.3, -0.25) is 9.13 Å². The second-order valence-electron chi connectivity index (χ2n) is 7.68. The van der Waals surface area contributed by atoms with E-state index < -0.39 is 0 Å². The number of furan rings is 1. The minimum Gasteiger partial charge on any atom is -0.472 e. The van der Waals surface area contributed by atoms with Crippen molar-refractivity contribution >= 4 is 23.8 Å². The number of anilines is 4. The molecule has 0 aromatic carbocycles. The Hall–Kier alpha value is -3.96. The molecule has 0 unspecified atom stereocenters. The molecule has 4 heterocycles. The molecule has 0 radical (unpaired) electrons. The number of hydrogen-bond donors (Lipinski definition) is 3. The first kappa shape index (κ1) is 21.3. The smallest absolute Gasteiger partial charge is 0.229 e. The van der Waals surface area contributed by atoms with Crippen LogP contribution in [0.15, 0.2) is 41.5 Å². The van der Waals surface area contributed by atoms with E-state index in [1.807, 2.05) is 31.8 Å². The van der Waals surface area contributed by atoms with E-state index in [-0.39, 0.29) is 0 Å². The van der Waals surface area contributed by atoms with E-state index in [1.165, 1.54) is 5.56 Å². The monoisotopic (exact) mass is 439 g/mol. The Morgan fingerprint density at radius 2 is 1.69 bits per heavy atom. The molecule has 0 saturated heterocycles. The van der Waals surface area contributed by atoms with Gasteiger partial charge in [-0.1, -0.05) is 0 Å². The zero-order valence-corrected chi connectivity index (χ0v) is 18.6. The predicted molar refractivity (Wildman–Crippen MR) is 122 cm³/mol. The minimum atomic E-state index is 0.391. The molecule has 0 aliphatic heterocycles. The van der Waals surface area contributed by atoms with Crippen molar-refractivity contribution in [2.45, 2.75) is 19.5 Å². The molecule has 0 bridgehead atoms. The van der Waals surface area contributed by atoms with Gasteiger partial charge in [0.15, 0.2) is 0 Å². The number of aromatic nitrogens is 7. The van der Waals surface area contributed by atoms with Gasteiger partial charge in [-0.2, -0.15) is 0 Å². The molecule has 170 valence electrons. The summed E-state index contributed by atoms with van der Waals surface area (Å²) < 4.78 is 10.9. The summed E-state index contributed by atoms with van der Waals surface area (Å²) in [5.74, 6) is 2.58. The van der Waals surface area contributed by atoms with E-state index in [0.717, 1.165) is 43.4 Å². The maximum Gasteiger partial charge on any atom is 0.229 e. The zero-order valence-electron chi connectivity index (χ0n) is 18.6. The molecule has 0 fully saturated rings. The van der Waals surface area contributed by atoms with Crippen LogP contribution in [-0.4, -0.2) is 54.2 Å². The Labute approximate surface area is 186 Å². The topological polar surface area (TPSA) is 133 Å². The second-order valence-corrected chi connectivity index (χ2v) is 7.68. The number of nitrogens with two attached hydrogens (primary N) is 1. The third-order valence-corrected chi connectivity index (χ3v) is 5.26. The molecule has 4 rings (SSSR count). The van der Waals surface area contributed by atoms with Crippen molar-refractivity contribution in [2.24, 2.45) is 14.1 Å². The van der Waals surface area contributed by atoms with Crippen LogP contribution >= 0.6 is 0 Å². The van der Waals surface area contributed by atoms with Crippen LogP contribution in [0.25, 0.3) is 0 Å². The van der Waals surface area contributed by atoms with Crippen LogP contribution in [-0.2, 0) is 33.6 Å². The van der Waals surface area contributed by atoms with Gasteiger partial charge >= 0.3 is 0 Å². The third kappa shape index (κ3) is 4.85. The zero-order chi connectivity index (χ0) is 22.5. The standard InChI is InChI=1S/C20H29N11O/c1-28(20-27-26-19(30(20)3)23-9-5-16-7-11-32-13-16)14-31-10-6-15(12-31)4-8-22-18-25-24-17(21)29(18)2/h6-7,10-13H,4-5,8-9,14H2,1-3H3,(H2,21,24)(H,22,25)(H,23,26). The van der Waals surface area contributed by atoms with E-state index in [2.05, 4.69) is 59.0 Å². The summed E-state index contributed by atoms with van der Waals surface area (Å²) in [7, 11) is 5.79. The van der Waals surface area contributed by atoms with E-state index >= 15 is 0 Å². The van der Waals surface area contributed by atoms with Crippen LogP contribution < -0.4 is 21.3 Å². The van der Waals surface area contributed by atoms with Gasteiger partial charge in [-0.05, 0) is 36.1 Å². The van der Waals surface area contributed by atoms with E-state index in [9.17, 15) is 0 Å². The Morgan fingerprint density at radius 3 is 2.38 bits per heavy atom. The van der Waals surface area contributed by atoms with Crippen LogP contribution in [0.3, 0.4) is 0 Å². The Morgan fingerprint density at radius 1 is 0.969 bits per heavy atom. The molecule has 4 aromatic heterocycles. The van der Waals surface area contributed by atoms with Gasteiger partial charge in [0.2, 0.25) is 23.8 Å². The van der Waals surface area contributed by atoms with Gasteiger partial charge in [0.05, 0.1) is 19.2 Å². The molecule has 0 aliphatic carbocycles. The summed E-state index contributed by atoms with van der Waals surface area (Å²) in [5.41, 5.74) is 8.07. The van der Waals surface area contributed by atoms with Crippen molar-refractivity contribution in [1.82, 2.24) is 34.1 Å². The normalized spacial score (nSPS) is 11.1. The minimum absolute atomic E-state index is 0.391. The highest BCUT2D eigenvalue weighted by Gasteiger charge is 2.13. The fourth-order valence-corrected chi connectivity index (χ4v) is 3.41. The van der Waals surface area contributed by atoms with Crippen molar-refractivity contribution in [2.75, 3.05) is 41.4 Å². The quantitative estimate of drug-likeness (QED) is 0.316. The first-order chi connectivity index (χ1) is 15.5. The van der Waals surface area contributed by atoms with Crippen molar-refractivity contribution in [3.8, 4) is 0 Å². The summed E-state index contributed by atoms with van der Waals surface area (Å²) >= 11 is 0. The Kier molecular flexibility index (Phi) is 6.29. The molecule has 0 atom stereocenters. The molecule has 12 nitrogen and oxygen atoms in total. The average Bonchev–Trinajstić information content (AvgIpc) is 3.56. The maximum absolute atomic E-state index is 5.70. The molecule has 4 N–H and O–H groups in total. The van der Waals surface area contributed by atoms with Gasteiger partial charge in [0, 0.05) is 46.6 Å². The molecule has 0 aliphatic rings. The highest BCUT2D eigenvalue weighted by atomic mass is 16.3. The van der Waals surface area contributed by atoms with Crippen LogP contribution in [0.2, 0.25) is 0 Å². The van der Waals surface area contributed by atoms with E-state index in [4.69, 9.17) is 10.2 Å². The van der Waals surface area contributed by atoms with Crippen molar-refractivity contribution < 1.29 is 4.42 Å². The molecular weight excluding hydrogens is 410 g/mol. The van der Waals surface area contributed by atoms with Gasteiger partial charge in [0.25, 0.3) is 0 Å². The summed E-state index contributed by atoms with van der Waals surface area (Å²) in [4.78, 5) is 2.05. The lowest BCUT2D eigenvalue weighted by molar-refractivity contribution is 0.564. The molecule has 0 saturated carbocycles. The van der Waals surface area contributed by atoms with Gasteiger partial charge in [-0.25, -0.2) is 0 Å². The van der Waals surface area contributed by atoms with E-state index in [0.29, 0.717) is 18.6 Å². The lowest BCUT2D eigenvalue weighted by Crippen LogP contribution is -2.23. The number of nitrogens with one attached hydrogen (secondary N) is 2. The number of nitrogens with zero attached hydrogens (tertiary/aromatic N) is 8. The highest BCUT2D eigenvalue weighted by molar-refractivity contribution is 5.38. The number of nitrogen functional groups attached to an aromatic ring is 1. The first-order valence-corrected chi connectivity index (χ1v) is 10.4. The van der Waals surface area contributed by atoms with Crippen LogP contribution in [0.4, 0.5) is 23.8 Å². The summed E-state index contributed by atoms with van der Waals surface area (Å²) in [6, 6.07) is 4.07. The van der Waals surface area contributed by atoms with Gasteiger partial charge < -0.3 is 30.3 Å². The van der Waals surface area contributed by atoms with Crippen LogP contribution in [0, 0.1) is 0 Å². The van der Waals surface area contributed by atoms with Crippen molar-refractivity contribution in [3.63, 3.8) is 0 Å². The van der Waals surface area contributed by atoms with Gasteiger partial charge in [-0.15, -0.1) is 20.4 Å². The lowest BCUT2D eigenvalue weighted by atomic mass is 10.2. The van der Waals surface area contributed by atoms with Gasteiger partial charge in [0.1, 0.15) is 0 Å². The van der Waals surface area contributed by atoms with E-state index in [1.54, 1.807) is 17.1 Å². The Bertz CT molecular complexity index is 1120. The average molecular weight is 440 g/mol. The summed E-state index contributed by atoms with van der Waals surface area (Å²) in [6.45, 7) is 2.16. The summed E-state index contributed by atoms with van der Waals surface area (Å²) in [6.07, 6.45) is 9.35. The van der Waals surface area contributed by atoms with Crippen molar-refractivity contribution in [1.29, 1.82) is 0 Å². The number of rotatable bonds is 11. The predicted octanol–water partition coefficient (Wildman–Crippen LogP) is 1.32. The summed E-state index contributed by atoms with van der Waals surface area (Å²) in [5, 5.41) is 23.0. The fourth-order valence-electron chi connectivity index (χ4n) is 3.41. The molecule has 12 heteroatoms. The molecule has 0 spiro atoms. The highest BCUT2D eigenvalue weighted by Crippen LogP contribution is 2.15. The van der Waals surface area contributed by atoms with Crippen molar-refractivity contribution in [3.05, 3.63) is 48.2 Å². The fraction of sp³-hybridized carbons (Fsp3) is 0.400.